The van der Waals surface area contributed by atoms with Crippen LogP contribution in [0.4, 0.5) is 0 Å². The van der Waals surface area contributed by atoms with Crippen LogP contribution in [0.25, 0.3) is 0 Å². The number of amides is 2. The standard InChI is InChI=1S/C23H30N2O3/c1-3-18(2)25(23(27)20-11-12-20)17-22(26)24(16-21-10-7-15-28-21)14-13-19-8-5-4-6-9-19/h4-10,15,18,20H,3,11-14,16-17H2,1-2H3/t18-/m1/s1. The lowest BCUT2D eigenvalue weighted by Gasteiger charge is -2.31. The topological polar surface area (TPSA) is 53.8 Å². The molecule has 5 heteroatoms. The summed E-state index contributed by atoms with van der Waals surface area (Å²) in [5.41, 5.74) is 1.19. The summed E-state index contributed by atoms with van der Waals surface area (Å²) in [7, 11) is 0. The molecule has 1 saturated carbocycles. The molecule has 0 saturated heterocycles. The predicted molar refractivity (Wildman–Crippen MR) is 108 cm³/mol. The lowest BCUT2D eigenvalue weighted by atomic mass is 10.1. The van der Waals surface area contributed by atoms with Gasteiger partial charge in [0.1, 0.15) is 12.3 Å². The minimum Gasteiger partial charge on any atom is -0.467 e. The van der Waals surface area contributed by atoms with Crippen LogP contribution in [0.2, 0.25) is 0 Å². The van der Waals surface area contributed by atoms with E-state index in [9.17, 15) is 9.59 Å². The van der Waals surface area contributed by atoms with E-state index in [1.807, 2.05) is 37.3 Å². The molecule has 1 heterocycles. The van der Waals surface area contributed by atoms with Gasteiger partial charge in [0.15, 0.2) is 0 Å². The molecule has 1 aromatic carbocycles. The molecule has 0 spiro atoms. The Bertz CT molecular complexity index is 753. The van der Waals surface area contributed by atoms with Crippen LogP contribution in [-0.2, 0) is 22.6 Å². The van der Waals surface area contributed by atoms with Gasteiger partial charge in [-0.05, 0) is 50.3 Å². The Hall–Kier alpha value is -2.56. The number of furan rings is 1. The van der Waals surface area contributed by atoms with Crippen LogP contribution in [0, 0.1) is 5.92 Å². The van der Waals surface area contributed by atoms with E-state index in [4.69, 9.17) is 4.42 Å². The van der Waals surface area contributed by atoms with E-state index in [1.165, 1.54) is 5.56 Å². The number of benzene rings is 1. The second kappa shape index (κ2) is 9.58. The number of carbonyl (C=O) groups excluding carboxylic acids is 2. The predicted octanol–water partition coefficient (Wildman–Crippen LogP) is 3.89. The van der Waals surface area contributed by atoms with Crippen LogP contribution < -0.4 is 0 Å². The Morgan fingerprint density at radius 1 is 1.14 bits per heavy atom. The highest BCUT2D eigenvalue weighted by Gasteiger charge is 2.36. The summed E-state index contributed by atoms with van der Waals surface area (Å²) in [6.45, 7) is 5.23. The Morgan fingerprint density at radius 3 is 2.50 bits per heavy atom. The maximum atomic E-state index is 13.2. The van der Waals surface area contributed by atoms with E-state index >= 15 is 0 Å². The average Bonchev–Trinajstić information content (AvgIpc) is 3.45. The Kier molecular flexibility index (Phi) is 6.90. The van der Waals surface area contributed by atoms with Crippen molar-refractivity contribution in [1.29, 1.82) is 0 Å². The normalized spacial score (nSPS) is 14.5. The van der Waals surface area contributed by atoms with Crippen LogP contribution in [0.5, 0.6) is 0 Å². The van der Waals surface area contributed by atoms with E-state index in [1.54, 1.807) is 16.1 Å². The highest BCUT2D eigenvalue weighted by molar-refractivity contribution is 5.87. The molecule has 0 aliphatic heterocycles. The molecule has 150 valence electrons. The molecule has 2 aromatic rings. The molecule has 0 radical (unpaired) electrons. The second-order valence-electron chi connectivity index (χ2n) is 7.63. The minimum absolute atomic E-state index is 0.0263. The van der Waals surface area contributed by atoms with Crippen LogP contribution in [0.1, 0.15) is 44.4 Å². The maximum Gasteiger partial charge on any atom is 0.242 e. The summed E-state index contributed by atoms with van der Waals surface area (Å²) in [4.78, 5) is 29.4. The Morgan fingerprint density at radius 2 is 1.89 bits per heavy atom. The molecule has 3 rings (SSSR count). The van der Waals surface area contributed by atoms with Crippen molar-refractivity contribution in [3.63, 3.8) is 0 Å². The van der Waals surface area contributed by atoms with Gasteiger partial charge in [0.2, 0.25) is 11.8 Å². The van der Waals surface area contributed by atoms with Crippen LogP contribution >= 0.6 is 0 Å². The van der Waals surface area contributed by atoms with Gasteiger partial charge in [-0.25, -0.2) is 0 Å². The summed E-state index contributed by atoms with van der Waals surface area (Å²) in [6.07, 6.45) is 5.13. The van der Waals surface area contributed by atoms with Crippen molar-refractivity contribution in [2.75, 3.05) is 13.1 Å². The molecule has 1 aromatic heterocycles. The zero-order valence-electron chi connectivity index (χ0n) is 16.8. The van der Waals surface area contributed by atoms with Gasteiger partial charge in [0.25, 0.3) is 0 Å². The van der Waals surface area contributed by atoms with E-state index in [0.29, 0.717) is 13.1 Å². The summed E-state index contributed by atoms with van der Waals surface area (Å²) in [6, 6.07) is 13.9. The summed E-state index contributed by atoms with van der Waals surface area (Å²) < 4.78 is 5.46. The van der Waals surface area contributed by atoms with Gasteiger partial charge in [-0.2, -0.15) is 0 Å². The van der Waals surface area contributed by atoms with Crippen molar-refractivity contribution in [2.45, 2.75) is 52.1 Å². The molecule has 0 N–H and O–H groups in total. The van der Waals surface area contributed by atoms with Crippen LogP contribution in [0.15, 0.2) is 53.1 Å². The molecule has 2 amide bonds. The summed E-state index contributed by atoms with van der Waals surface area (Å²) in [5.74, 6) is 0.972. The lowest BCUT2D eigenvalue weighted by Crippen LogP contribution is -2.47. The van der Waals surface area contributed by atoms with E-state index in [0.717, 1.165) is 31.4 Å². The fourth-order valence-corrected chi connectivity index (χ4v) is 3.27. The number of rotatable bonds is 10. The smallest absolute Gasteiger partial charge is 0.242 e. The largest absolute Gasteiger partial charge is 0.467 e. The fourth-order valence-electron chi connectivity index (χ4n) is 3.27. The van der Waals surface area contributed by atoms with Crippen LogP contribution in [0.3, 0.4) is 0 Å². The Labute approximate surface area is 167 Å². The molecule has 28 heavy (non-hydrogen) atoms. The quantitative estimate of drug-likeness (QED) is 0.626. The third kappa shape index (κ3) is 5.47. The minimum atomic E-state index is -0.0263. The highest BCUT2D eigenvalue weighted by Crippen LogP contribution is 2.32. The van der Waals surface area contributed by atoms with Crippen LogP contribution in [-0.4, -0.2) is 40.7 Å². The van der Waals surface area contributed by atoms with Gasteiger partial charge in [-0.3, -0.25) is 9.59 Å². The number of hydrogen-bond donors (Lipinski definition) is 0. The monoisotopic (exact) mass is 382 g/mol. The molecule has 1 atom stereocenters. The van der Waals surface area contributed by atoms with E-state index < -0.39 is 0 Å². The van der Waals surface area contributed by atoms with Crippen molar-refractivity contribution >= 4 is 11.8 Å². The van der Waals surface area contributed by atoms with Crippen molar-refractivity contribution in [2.24, 2.45) is 5.92 Å². The molecular weight excluding hydrogens is 352 g/mol. The van der Waals surface area contributed by atoms with Gasteiger partial charge < -0.3 is 14.2 Å². The number of carbonyl (C=O) groups is 2. The van der Waals surface area contributed by atoms with E-state index in [-0.39, 0.29) is 30.3 Å². The van der Waals surface area contributed by atoms with Crippen molar-refractivity contribution in [3.8, 4) is 0 Å². The first-order valence-electron chi connectivity index (χ1n) is 10.2. The zero-order chi connectivity index (χ0) is 19.9. The Balaban J connectivity index is 1.69. The van der Waals surface area contributed by atoms with E-state index in [2.05, 4.69) is 19.1 Å². The number of hydrogen-bond acceptors (Lipinski definition) is 3. The average molecular weight is 383 g/mol. The third-order valence-corrected chi connectivity index (χ3v) is 5.43. The van der Waals surface area contributed by atoms with Crippen molar-refractivity contribution < 1.29 is 14.0 Å². The second-order valence-corrected chi connectivity index (χ2v) is 7.63. The number of nitrogens with zero attached hydrogens (tertiary/aromatic N) is 2. The first-order chi connectivity index (χ1) is 13.6. The summed E-state index contributed by atoms with van der Waals surface area (Å²) in [5, 5.41) is 0. The van der Waals surface area contributed by atoms with Gasteiger partial charge >= 0.3 is 0 Å². The van der Waals surface area contributed by atoms with Gasteiger partial charge in [-0.1, -0.05) is 37.3 Å². The molecule has 5 nitrogen and oxygen atoms in total. The highest BCUT2D eigenvalue weighted by atomic mass is 16.3. The first-order valence-corrected chi connectivity index (χ1v) is 10.2. The molecule has 0 bridgehead atoms. The molecular formula is C23H30N2O3. The molecule has 0 unspecified atom stereocenters. The van der Waals surface area contributed by atoms with Crippen molar-refractivity contribution in [1.82, 2.24) is 9.80 Å². The lowest BCUT2D eigenvalue weighted by molar-refractivity contribution is -0.143. The van der Waals surface area contributed by atoms with Gasteiger partial charge in [0, 0.05) is 18.5 Å². The SMILES string of the molecule is CC[C@@H](C)N(CC(=O)N(CCc1ccccc1)Cc1ccco1)C(=O)C1CC1. The molecule has 1 aliphatic rings. The van der Waals surface area contributed by atoms with Gasteiger partial charge in [0.05, 0.1) is 12.8 Å². The van der Waals surface area contributed by atoms with Crippen molar-refractivity contribution in [3.05, 3.63) is 60.1 Å². The van der Waals surface area contributed by atoms with Gasteiger partial charge in [-0.15, -0.1) is 0 Å². The zero-order valence-corrected chi connectivity index (χ0v) is 16.8. The third-order valence-electron chi connectivity index (χ3n) is 5.43. The summed E-state index contributed by atoms with van der Waals surface area (Å²) >= 11 is 0. The maximum absolute atomic E-state index is 13.2. The molecule has 1 aliphatic carbocycles. The first kappa shape index (κ1) is 20.2. The molecule has 1 fully saturated rings. The fraction of sp³-hybridized carbons (Fsp3) is 0.478.